The van der Waals surface area contributed by atoms with Crippen molar-refractivity contribution in [2.75, 3.05) is 0 Å². The van der Waals surface area contributed by atoms with Crippen molar-refractivity contribution in [1.82, 2.24) is 4.98 Å². The lowest BCUT2D eigenvalue weighted by atomic mass is 10.1. The van der Waals surface area contributed by atoms with E-state index < -0.39 is 0 Å². The zero-order valence-electron chi connectivity index (χ0n) is 10.6. The van der Waals surface area contributed by atoms with Crippen molar-refractivity contribution < 1.29 is 9.84 Å². The third kappa shape index (κ3) is 3.26. The van der Waals surface area contributed by atoms with Crippen LogP contribution >= 0.6 is 27.5 Å². The Kier molecular flexibility index (Phi) is 4.45. The fraction of sp³-hybridized carbons (Fsp3) is 0.214. The summed E-state index contributed by atoms with van der Waals surface area (Å²) in [5.41, 5.74) is 2.45. The summed E-state index contributed by atoms with van der Waals surface area (Å²) in [4.78, 5) is 4.31. The van der Waals surface area contributed by atoms with Crippen LogP contribution in [0.4, 0.5) is 0 Å². The van der Waals surface area contributed by atoms with E-state index in [9.17, 15) is 5.11 Å². The van der Waals surface area contributed by atoms with Gasteiger partial charge < -0.3 is 9.84 Å². The predicted octanol–water partition coefficient (Wildman–Crippen LogP) is 4.40. The Balaban J connectivity index is 2.42. The Morgan fingerprint density at radius 3 is 2.68 bits per heavy atom. The number of aromatic nitrogens is 1. The molecular formula is C14H13BrClNO2. The van der Waals surface area contributed by atoms with Gasteiger partial charge in [-0.1, -0.05) is 27.5 Å². The summed E-state index contributed by atoms with van der Waals surface area (Å²) in [6, 6.07) is 7.25. The highest BCUT2D eigenvalue weighted by molar-refractivity contribution is 9.10. The molecule has 1 N–H and O–H groups in total. The molecule has 0 amide bonds. The molecule has 0 atom stereocenters. The Bertz CT molecular complexity index is 617. The molecule has 0 aliphatic rings. The maximum absolute atomic E-state index is 9.42. The summed E-state index contributed by atoms with van der Waals surface area (Å²) in [6.45, 7) is 3.67. The summed E-state index contributed by atoms with van der Waals surface area (Å²) in [5, 5.41) is 9.91. The number of halogens is 2. The number of pyridine rings is 1. The molecular weight excluding hydrogens is 330 g/mol. The van der Waals surface area contributed by atoms with Crippen LogP contribution in [0.3, 0.4) is 0 Å². The van der Waals surface area contributed by atoms with Crippen LogP contribution in [-0.4, -0.2) is 10.1 Å². The molecule has 5 heteroatoms. The van der Waals surface area contributed by atoms with Gasteiger partial charge in [0.15, 0.2) is 0 Å². The maximum Gasteiger partial charge on any atom is 0.225 e. The monoisotopic (exact) mass is 341 g/mol. The molecule has 0 spiro atoms. The highest BCUT2D eigenvalue weighted by Crippen LogP contribution is 2.33. The first-order valence-electron chi connectivity index (χ1n) is 5.72. The second-order valence-electron chi connectivity index (χ2n) is 4.20. The highest BCUT2D eigenvalue weighted by atomic mass is 79.9. The first kappa shape index (κ1) is 14.3. The summed E-state index contributed by atoms with van der Waals surface area (Å²) >= 11 is 9.45. The van der Waals surface area contributed by atoms with Gasteiger partial charge in [0.2, 0.25) is 5.88 Å². The molecule has 1 heterocycles. The third-order valence-electron chi connectivity index (χ3n) is 2.70. The van der Waals surface area contributed by atoms with Crippen molar-refractivity contribution in [3.8, 4) is 11.6 Å². The van der Waals surface area contributed by atoms with Gasteiger partial charge in [0, 0.05) is 15.7 Å². The lowest BCUT2D eigenvalue weighted by Gasteiger charge is -2.13. The molecule has 0 bridgehead atoms. The number of rotatable bonds is 3. The van der Waals surface area contributed by atoms with Gasteiger partial charge in [0.1, 0.15) is 5.75 Å². The van der Waals surface area contributed by atoms with E-state index in [4.69, 9.17) is 16.3 Å². The Hall–Kier alpha value is -1.10. The molecule has 1 aromatic carbocycles. The Labute approximate surface area is 125 Å². The number of nitrogens with zero attached hydrogens (tertiary/aromatic N) is 1. The van der Waals surface area contributed by atoms with E-state index >= 15 is 0 Å². The summed E-state index contributed by atoms with van der Waals surface area (Å²) in [6.07, 6.45) is 0. The van der Waals surface area contributed by atoms with E-state index in [1.807, 2.05) is 26.0 Å². The van der Waals surface area contributed by atoms with Crippen LogP contribution < -0.4 is 4.74 Å². The molecule has 3 nitrogen and oxygen atoms in total. The van der Waals surface area contributed by atoms with Crippen molar-refractivity contribution in [2.24, 2.45) is 0 Å². The quantitative estimate of drug-likeness (QED) is 0.899. The summed E-state index contributed by atoms with van der Waals surface area (Å²) < 4.78 is 6.60. The third-order valence-corrected chi connectivity index (χ3v) is 3.48. The molecule has 2 rings (SSSR count). The van der Waals surface area contributed by atoms with Crippen LogP contribution in [0.2, 0.25) is 5.02 Å². The second kappa shape index (κ2) is 5.90. The molecule has 0 fully saturated rings. The molecule has 0 saturated carbocycles. The van der Waals surface area contributed by atoms with E-state index in [2.05, 4.69) is 20.9 Å². The number of aliphatic hydroxyl groups is 1. The smallest absolute Gasteiger partial charge is 0.225 e. The topological polar surface area (TPSA) is 42.4 Å². The first-order chi connectivity index (χ1) is 9.01. The van der Waals surface area contributed by atoms with Crippen LogP contribution in [0.15, 0.2) is 28.7 Å². The largest absolute Gasteiger partial charge is 0.437 e. The normalized spacial score (nSPS) is 10.6. The Morgan fingerprint density at radius 1 is 1.32 bits per heavy atom. The zero-order chi connectivity index (χ0) is 14.0. The zero-order valence-corrected chi connectivity index (χ0v) is 12.9. The average Bonchev–Trinajstić information content (AvgIpc) is 2.32. The Morgan fingerprint density at radius 2 is 2.05 bits per heavy atom. The summed E-state index contributed by atoms with van der Waals surface area (Å²) in [5.74, 6) is 0.904. The van der Waals surface area contributed by atoms with Gasteiger partial charge in [0.25, 0.3) is 0 Å². The van der Waals surface area contributed by atoms with Crippen LogP contribution in [0.25, 0.3) is 0 Å². The lowest BCUT2D eigenvalue weighted by Crippen LogP contribution is -2.00. The summed E-state index contributed by atoms with van der Waals surface area (Å²) in [7, 11) is 0. The van der Waals surface area contributed by atoms with Gasteiger partial charge in [-0.25, -0.2) is 4.98 Å². The maximum atomic E-state index is 9.42. The number of hydrogen-bond donors (Lipinski definition) is 1. The van der Waals surface area contributed by atoms with Crippen LogP contribution in [0, 0.1) is 13.8 Å². The fourth-order valence-corrected chi connectivity index (χ4v) is 2.48. The van der Waals surface area contributed by atoms with Crippen LogP contribution in [0.5, 0.6) is 11.6 Å². The highest BCUT2D eigenvalue weighted by Gasteiger charge is 2.12. The SMILES string of the molecule is Cc1cc(C)c(CO)c(Oc2ccc(Br)cc2Cl)n1. The van der Waals surface area contributed by atoms with Crippen molar-refractivity contribution in [1.29, 1.82) is 0 Å². The van der Waals surface area contributed by atoms with Crippen molar-refractivity contribution in [2.45, 2.75) is 20.5 Å². The number of ether oxygens (including phenoxy) is 1. The number of aliphatic hydroxyl groups excluding tert-OH is 1. The van der Waals surface area contributed by atoms with Crippen molar-refractivity contribution >= 4 is 27.5 Å². The van der Waals surface area contributed by atoms with E-state index in [-0.39, 0.29) is 6.61 Å². The average molecular weight is 343 g/mol. The van der Waals surface area contributed by atoms with Crippen molar-refractivity contribution in [3.05, 3.63) is 50.6 Å². The second-order valence-corrected chi connectivity index (χ2v) is 5.52. The van der Waals surface area contributed by atoms with Crippen molar-refractivity contribution in [3.63, 3.8) is 0 Å². The van der Waals surface area contributed by atoms with Gasteiger partial charge in [-0.05, 0) is 43.7 Å². The standard InChI is InChI=1S/C14H13BrClNO2/c1-8-5-9(2)17-14(11(8)7-18)19-13-4-3-10(15)6-12(13)16/h3-6,18H,7H2,1-2H3. The van der Waals surface area contributed by atoms with E-state index in [1.54, 1.807) is 12.1 Å². The van der Waals surface area contributed by atoms with Crippen LogP contribution in [-0.2, 0) is 6.61 Å². The van der Waals surface area contributed by atoms with E-state index in [0.29, 0.717) is 22.2 Å². The van der Waals surface area contributed by atoms with E-state index in [1.165, 1.54) is 0 Å². The van der Waals surface area contributed by atoms with Gasteiger partial charge in [0.05, 0.1) is 11.6 Å². The van der Waals surface area contributed by atoms with Gasteiger partial charge >= 0.3 is 0 Å². The number of aryl methyl sites for hydroxylation is 2. The number of hydrogen-bond acceptors (Lipinski definition) is 3. The van der Waals surface area contributed by atoms with E-state index in [0.717, 1.165) is 15.7 Å². The molecule has 0 unspecified atom stereocenters. The van der Waals surface area contributed by atoms with Crippen LogP contribution in [0.1, 0.15) is 16.8 Å². The minimum Gasteiger partial charge on any atom is -0.437 e. The lowest BCUT2D eigenvalue weighted by molar-refractivity contribution is 0.274. The predicted molar refractivity (Wildman–Crippen MR) is 78.9 cm³/mol. The molecule has 0 saturated heterocycles. The van der Waals surface area contributed by atoms with Gasteiger partial charge in [-0.3, -0.25) is 0 Å². The van der Waals surface area contributed by atoms with Gasteiger partial charge in [-0.15, -0.1) is 0 Å². The molecule has 1 aromatic heterocycles. The molecule has 0 aliphatic carbocycles. The van der Waals surface area contributed by atoms with Gasteiger partial charge in [-0.2, -0.15) is 0 Å². The molecule has 100 valence electrons. The minimum atomic E-state index is -0.122. The first-order valence-corrected chi connectivity index (χ1v) is 6.89. The molecule has 2 aromatic rings. The minimum absolute atomic E-state index is 0.122. The molecule has 0 radical (unpaired) electrons. The number of benzene rings is 1. The fourth-order valence-electron chi connectivity index (χ4n) is 1.77. The molecule has 19 heavy (non-hydrogen) atoms. The molecule has 0 aliphatic heterocycles.